The number of hydrogen-bond acceptors (Lipinski definition) is 2. The van der Waals surface area contributed by atoms with Crippen molar-refractivity contribution in [3.63, 3.8) is 0 Å². The quantitative estimate of drug-likeness (QED) is 0.840. The van der Waals surface area contributed by atoms with Crippen molar-refractivity contribution in [3.8, 4) is 0 Å². The van der Waals surface area contributed by atoms with Gasteiger partial charge in [0.05, 0.1) is 6.61 Å². The first-order valence-electron chi connectivity index (χ1n) is 6.07. The maximum Gasteiger partial charge on any atom is 0.0559 e. The van der Waals surface area contributed by atoms with Crippen molar-refractivity contribution < 1.29 is 4.74 Å². The SMILES string of the molecule is COCC1(c2ccc(C3(N)CC3)cc2)CC1. The van der Waals surface area contributed by atoms with E-state index in [1.54, 1.807) is 7.11 Å². The van der Waals surface area contributed by atoms with Crippen LogP contribution >= 0.6 is 0 Å². The first-order valence-corrected chi connectivity index (χ1v) is 6.07. The van der Waals surface area contributed by atoms with E-state index in [0.717, 1.165) is 19.4 Å². The molecule has 0 spiro atoms. The molecule has 0 atom stereocenters. The van der Waals surface area contributed by atoms with Crippen LogP contribution in [-0.2, 0) is 15.7 Å². The molecule has 0 unspecified atom stereocenters. The van der Waals surface area contributed by atoms with Gasteiger partial charge in [-0.1, -0.05) is 24.3 Å². The van der Waals surface area contributed by atoms with Gasteiger partial charge in [-0.15, -0.1) is 0 Å². The molecule has 1 aromatic carbocycles. The molecule has 0 amide bonds. The molecule has 2 nitrogen and oxygen atoms in total. The van der Waals surface area contributed by atoms with E-state index < -0.39 is 0 Å². The number of ether oxygens (including phenoxy) is 1. The predicted octanol–water partition coefficient (Wildman–Crippen LogP) is 2.31. The van der Waals surface area contributed by atoms with Crippen LogP contribution in [0.1, 0.15) is 36.8 Å². The summed E-state index contributed by atoms with van der Waals surface area (Å²) in [6.45, 7) is 0.847. The normalized spacial score (nSPS) is 24.1. The molecule has 0 aromatic heterocycles. The lowest BCUT2D eigenvalue weighted by molar-refractivity contribution is 0.171. The fraction of sp³-hybridized carbons (Fsp3) is 0.571. The fourth-order valence-electron chi connectivity index (χ4n) is 2.52. The number of benzene rings is 1. The van der Waals surface area contributed by atoms with Gasteiger partial charge in [-0.05, 0) is 36.8 Å². The molecule has 16 heavy (non-hydrogen) atoms. The van der Waals surface area contributed by atoms with Crippen molar-refractivity contribution in [3.05, 3.63) is 35.4 Å². The maximum atomic E-state index is 6.18. The average Bonchev–Trinajstić information content (AvgIpc) is 3.19. The lowest BCUT2D eigenvalue weighted by Gasteiger charge is -2.16. The highest BCUT2D eigenvalue weighted by molar-refractivity contribution is 5.38. The molecule has 2 aliphatic rings. The highest BCUT2D eigenvalue weighted by Crippen LogP contribution is 2.49. The second-order valence-electron chi connectivity index (χ2n) is 5.45. The van der Waals surface area contributed by atoms with Gasteiger partial charge in [0.1, 0.15) is 0 Å². The number of methoxy groups -OCH3 is 1. The van der Waals surface area contributed by atoms with Crippen LogP contribution in [0.4, 0.5) is 0 Å². The monoisotopic (exact) mass is 217 g/mol. The molecular weight excluding hydrogens is 198 g/mol. The Hall–Kier alpha value is -0.860. The largest absolute Gasteiger partial charge is 0.384 e. The summed E-state index contributed by atoms with van der Waals surface area (Å²) in [5, 5.41) is 0. The highest BCUT2D eigenvalue weighted by Gasteiger charge is 2.45. The van der Waals surface area contributed by atoms with Crippen LogP contribution in [-0.4, -0.2) is 13.7 Å². The van der Waals surface area contributed by atoms with E-state index in [2.05, 4.69) is 24.3 Å². The first-order chi connectivity index (χ1) is 7.69. The molecule has 2 fully saturated rings. The Balaban J connectivity index is 1.82. The Kier molecular flexibility index (Phi) is 2.13. The Morgan fingerprint density at radius 3 is 2.06 bits per heavy atom. The molecule has 0 radical (unpaired) electrons. The average molecular weight is 217 g/mol. The Morgan fingerprint density at radius 1 is 1.06 bits per heavy atom. The number of nitrogens with two attached hydrogens (primary N) is 1. The summed E-state index contributed by atoms with van der Waals surface area (Å²) < 4.78 is 5.31. The van der Waals surface area contributed by atoms with Crippen LogP contribution in [0.2, 0.25) is 0 Å². The zero-order valence-electron chi connectivity index (χ0n) is 9.83. The molecule has 3 rings (SSSR count). The standard InChI is InChI=1S/C14H19NO/c1-16-10-13(6-7-13)11-2-4-12(5-3-11)14(15)8-9-14/h2-5H,6-10,15H2,1H3. The molecule has 0 bridgehead atoms. The number of hydrogen-bond donors (Lipinski definition) is 1. The van der Waals surface area contributed by atoms with Gasteiger partial charge in [0, 0.05) is 18.1 Å². The molecule has 0 saturated heterocycles. The minimum Gasteiger partial charge on any atom is -0.384 e. The van der Waals surface area contributed by atoms with Crippen molar-refractivity contribution in [2.45, 2.75) is 36.6 Å². The molecule has 0 heterocycles. The van der Waals surface area contributed by atoms with Gasteiger partial charge < -0.3 is 10.5 Å². The van der Waals surface area contributed by atoms with E-state index in [1.165, 1.54) is 24.0 Å². The molecule has 2 aliphatic carbocycles. The smallest absolute Gasteiger partial charge is 0.0559 e. The van der Waals surface area contributed by atoms with Crippen LogP contribution in [0.25, 0.3) is 0 Å². The van der Waals surface area contributed by atoms with E-state index >= 15 is 0 Å². The second-order valence-corrected chi connectivity index (χ2v) is 5.45. The third-order valence-corrected chi connectivity index (χ3v) is 4.14. The summed E-state index contributed by atoms with van der Waals surface area (Å²) in [5.41, 5.74) is 9.21. The van der Waals surface area contributed by atoms with Crippen molar-refractivity contribution >= 4 is 0 Å². The van der Waals surface area contributed by atoms with Gasteiger partial charge in [-0.2, -0.15) is 0 Å². The third-order valence-electron chi connectivity index (χ3n) is 4.14. The molecule has 2 saturated carbocycles. The summed E-state index contributed by atoms with van der Waals surface area (Å²) in [4.78, 5) is 0. The minimum absolute atomic E-state index is 0.00347. The molecule has 86 valence electrons. The van der Waals surface area contributed by atoms with Gasteiger partial charge in [0.25, 0.3) is 0 Å². The third kappa shape index (κ3) is 1.57. The summed E-state index contributed by atoms with van der Waals surface area (Å²) in [6.07, 6.45) is 4.78. The topological polar surface area (TPSA) is 35.2 Å². The van der Waals surface area contributed by atoms with Gasteiger partial charge in [-0.25, -0.2) is 0 Å². The molecular formula is C14H19NO. The molecule has 2 heteroatoms. The van der Waals surface area contributed by atoms with E-state index in [9.17, 15) is 0 Å². The van der Waals surface area contributed by atoms with Crippen molar-refractivity contribution in [2.75, 3.05) is 13.7 Å². The van der Waals surface area contributed by atoms with Gasteiger partial charge in [-0.3, -0.25) is 0 Å². The Bertz CT molecular complexity index is 388. The molecule has 2 N–H and O–H groups in total. The Labute approximate surface area is 96.8 Å². The van der Waals surface area contributed by atoms with Crippen LogP contribution in [0, 0.1) is 0 Å². The highest BCUT2D eigenvalue weighted by atomic mass is 16.5. The minimum atomic E-state index is -0.00347. The van der Waals surface area contributed by atoms with Crippen molar-refractivity contribution in [1.82, 2.24) is 0 Å². The van der Waals surface area contributed by atoms with E-state index in [4.69, 9.17) is 10.5 Å². The van der Waals surface area contributed by atoms with Crippen LogP contribution in [0.5, 0.6) is 0 Å². The van der Waals surface area contributed by atoms with Gasteiger partial charge in [0.2, 0.25) is 0 Å². The second kappa shape index (κ2) is 3.31. The molecule has 1 aromatic rings. The van der Waals surface area contributed by atoms with Crippen molar-refractivity contribution in [2.24, 2.45) is 5.73 Å². The summed E-state index contributed by atoms with van der Waals surface area (Å²) in [7, 11) is 1.79. The van der Waals surface area contributed by atoms with E-state index in [-0.39, 0.29) is 5.54 Å². The van der Waals surface area contributed by atoms with E-state index in [1.807, 2.05) is 0 Å². The Morgan fingerprint density at radius 2 is 1.62 bits per heavy atom. The summed E-state index contributed by atoms with van der Waals surface area (Å²) in [6, 6.07) is 8.90. The van der Waals surface area contributed by atoms with E-state index in [0.29, 0.717) is 5.41 Å². The zero-order valence-corrected chi connectivity index (χ0v) is 9.83. The van der Waals surface area contributed by atoms with Crippen LogP contribution < -0.4 is 5.73 Å². The lowest BCUT2D eigenvalue weighted by atomic mass is 9.94. The van der Waals surface area contributed by atoms with Gasteiger partial charge in [0.15, 0.2) is 0 Å². The molecule has 0 aliphatic heterocycles. The summed E-state index contributed by atoms with van der Waals surface area (Å²) in [5.74, 6) is 0. The van der Waals surface area contributed by atoms with Gasteiger partial charge >= 0.3 is 0 Å². The van der Waals surface area contributed by atoms with Crippen LogP contribution in [0.3, 0.4) is 0 Å². The zero-order chi connectivity index (χ0) is 11.2. The summed E-state index contributed by atoms with van der Waals surface area (Å²) >= 11 is 0. The lowest BCUT2D eigenvalue weighted by Crippen LogP contribution is -2.19. The predicted molar refractivity (Wildman–Crippen MR) is 64.3 cm³/mol. The van der Waals surface area contributed by atoms with Crippen LogP contribution in [0.15, 0.2) is 24.3 Å². The fourth-order valence-corrected chi connectivity index (χ4v) is 2.52. The van der Waals surface area contributed by atoms with Crippen molar-refractivity contribution in [1.29, 1.82) is 0 Å². The maximum absolute atomic E-state index is 6.18. The number of rotatable bonds is 4. The first kappa shape index (κ1) is 10.3.